The fourth-order valence-electron chi connectivity index (χ4n) is 7.90. The van der Waals surface area contributed by atoms with Gasteiger partial charge in [0.2, 0.25) is 0 Å². The molecule has 254 valence electrons. The van der Waals surface area contributed by atoms with Crippen molar-refractivity contribution < 1.29 is 0 Å². The van der Waals surface area contributed by atoms with Gasteiger partial charge in [0.25, 0.3) is 0 Å². The van der Waals surface area contributed by atoms with Crippen LogP contribution in [0.3, 0.4) is 0 Å². The zero-order valence-corrected chi connectivity index (χ0v) is 30.4. The molecule has 0 spiro atoms. The summed E-state index contributed by atoms with van der Waals surface area (Å²) in [5, 5.41) is 5.14. The third-order valence-electron chi connectivity index (χ3n) is 10.5. The predicted octanol–water partition coefficient (Wildman–Crippen LogP) is 15.3. The Kier molecular flexibility index (Phi) is 8.09. The van der Waals surface area contributed by atoms with Crippen LogP contribution in [-0.4, -0.2) is 0 Å². The van der Waals surface area contributed by atoms with Crippen LogP contribution in [0.1, 0.15) is 0 Å². The SMILES string of the molecule is c1ccc(-c2ccc(N(c3ccc(-c4cccc(-c5cccc6ccccc56)c4)cc3)c3ccccc3-c3cccc4sc5ccccc5c34)cc2)cc1. The van der Waals surface area contributed by atoms with Crippen molar-refractivity contribution in [3.63, 3.8) is 0 Å². The molecule has 1 nitrogen and oxygen atoms in total. The first-order valence-electron chi connectivity index (χ1n) is 18.4. The average Bonchev–Trinajstić information content (AvgIpc) is 3.64. The van der Waals surface area contributed by atoms with E-state index in [0.29, 0.717) is 0 Å². The van der Waals surface area contributed by atoms with E-state index in [4.69, 9.17) is 0 Å². The molecule has 1 heterocycles. The van der Waals surface area contributed by atoms with Crippen molar-refractivity contribution in [1.29, 1.82) is 0 Å². The summed E-state index contributed by atoms with van der Waals surface area (Å²) >= 11 is 1.86. The van der Waals surface area contributed by atoms with Gasteiger partial charge >= 0.3 is 0 Å². The second-order valence-corrected chi connectivity index (χ2v) is 14.8. The Morgan fingerprint density at radius 2 is 0.833 bits per heavy atom. The lowest BCUT2D eigenvalue weighted by Gasteiger charge is -2.28. The second kappa shape index (κ2) is 13.7. The summed E-state index contributed by atoms with van der Waals surface area (Å²) in [6.07, 6.45) is 0. The minimum Gasteiger partial charge on any atom is -0.310 e. The van der Waals surface area contributed by atoms with Crippen molar-refractivity contribution in [2.24, 2.45) is 0 Å². The van der Waals surface area contributed by atoms with Gasteiger partial charge < -0.3 is 4.90 Å². The number of thiophene rings is 1. The smallest absolute Gasteiger partial charge is 0.0540 e. The number of fused-ring (bicyclic) bond motifs is 4. The lowest BCUT2D eigenvalue weighted by molar-refractivity contribution is 1.28. The molecule has 0 aliphatic carbocycles. The van der Waals surface area contributed by atoms with E-state index < -0.39 is 0 Å². The summed E-state index contributed by atoms with van der Waals surface area (Å²) in [7, 11) is 0. The minimum atomic E-state index is 1.10. The van der Waals surface area contributed by atoms with E-state index in [-0.39, 0.29) is 0 Å². The molecule has 0 aliphatic rings. The summed E-state index contributed by atoms with van der Waals surface area (Å²) in [6.45, 7) is 0. The zero-order chi connectivity index (χ0) is 35.8. The van der Waals surface area contributed by atoms with E-state index in [1.165, 1.54) is 75.5 Å². The highest BCUT2D eigenvalue weighted by Gasteiger charge is 2.20. The molecule has 0 bridgehead atoms. The predicted molar refractivity (Wildman–Crippen MR) is 233 cm³/mol. The summed E-state index contributed by atoms with van der Waals surface area (Å²) in [4.78, 5) is 2.41. The van der Waals surface area contributed by atoms with Crippen molar-refractivity contribution in [3.8, 4) is 44.5 Å². The molecule has 0 radical (unpaired) electrons. The van der Waals surface area contributed by atoms with Gasteiger partial charge in [-0.2, -0.15) is 0 Å². The molecule has 0 atom stereocenters. The van der Waals surface area contributed by atoms with Gasteiger partial charge in [-0.25, -0.2) is 0 Å². The first-order chi connectivity index (χ1) is 26.8. The van der Waals surface area contributed by atoms with Crippen LogP contribution in [0.5, 0.6) is 0 Å². The Morgan fingerprint density at radius 3 is 1.65 bits per heavy atom. The molecule has 10 rings (SSSR count). The third-order valence-corrected chi connectivity index (χ3v) is 11.6. The Balaban J connectivity index is 1.10. The molecule has 10 aromatic rings. The summed E-state index contributed by atoms with van der Waals surface area (Å²) in [5.74, 6) is 0. The Bertz CT molecular complexity index is 2920. The lowest BCUT2D eigenvalue weighted by Crippen LogP contribution is -2.11. The van der Waals surface area contributed by atoms with Gasteiger partial charge in [0.15, 0.2) is 0 Å². The maximum absolute atomic E-state index is 2.41. The number of hydrogen-bond donors (Lipinski definition) is 0. The van der Waals surface area contributed by atoms with Gasteiger partial charge in [-0.3, -0.25) is 0 Å². The molecule has 0 saturated carbocycles. The highest BCUT2D eigenvalue weighted by Crippen LogP contribution is 2.46. The molecule has 0 saturated heterocycles. The molecular formula is C52H35NS. The second-order valence-electron chi connectivity index (χ2n) is 13.7. The summed E-state index contributed by atoms with van der Waals surface area (Å²) in [6, 6.07) is 77.1. The van der Waals surface area contributed by atoms with Crippen LogP contribution in [0, 0.1) is 0 Å². The molecular weight excluding hydrogens is 671 g/mol. The van der Waals surface area contributed by atoms with E-state index in [0.717, 1.165) is 17.1 Å². The quantitative estimate of drug-likeness (QED) is 0.160. The van der Waals surface area contributed by atoms with Gasteiger partial charge in [-0.15, -0.1) is 11.3 Å². The summed E-state index contributed by atoms with van der Waals surface area (Å²) < 4.78 is 2.61. The van der Waals surface area contributed by atoms with Gasteiger partial charge in [-0.05, 0) is 98.2 Å². The molecule has 0 N–H and O–H groups in total. The Morgan fingerprint density at radius 1 is 0.315 bits per heavy atom. The van der Waals surface area contributed by atoms with Crippen LogP contribution in [0.25, 0.3) is 75.5 Å². The standard InChI is InChI=1S/C52H35NS/c1-2-13-36(14-3-1)37-27-31-42(32-28-37)53(49-24-8-6-20-46(49)47-23-12-26-51-52(47)48-21-7-9-25-50(48)54-51)43-33-29-38(30-34-43)40-17-10-18-41(35-40)45-22-11-16-39-15-4-5-19-44(39)45/h1-35H. The monoisotopic (exact) mass is 705 g/mol. The maximum Gasteiger partial charge on any atom is 0.0540 e. The normalized spacial score (nSPS) is 11.3. The number of rotatable bonds is 7. The zero-order valence-electron chi connectivity index (χ0n) is 29.6. The number of anilines is 3. The van der Waals surface area contributed by atoms with Crippen LogP contribution in [0.2, 0.25) is 0 Å². The Hall–Kier alpha value is -6.74. The lowest BCUT2D eigenvalue weighted by atomic mass is 9.95. The highest BCUT2D eigenvalue weighted by molar-refractivity contribution is 7.25. The van der Waals surface area contributed by atoms with Crippen molar-refractivity contribution in [2.45, 2.75) is 0 Å². The van der Waals surface area contributed by atoms with Crippen LogP contribution in [0.15, 0.2) is 212 Å². The third kappa shape index (κ3) is 5.74. The number of nitrogens with zero attached hydrogens (tertiary/aromatic N) is 1. The summed E-state index contributed by atoms with van der Waals surface area (Å²) in [5.41, 5.74) is 13.0. The van der Waals surface area contributed by atoms with Gasteiger partial charge in [-0.1, -0.05) is 164 Å². The molecule has 0 fully saturated rings. The topological polar surface area (TPSA) is 3.24 Å². The van der Waals surface area contributed by atoms with E-state index in [9.17, 15) is 0 Å². The molecule has 9 aromatic carbocycles. The number of hydrogen-bond acceptors (Lipinski definition) is 2. The number of benzene rings is 9. The highest BCUT2D eigenvalue weighted by atomic mass is 32.1. The van der Waals surface area contributed by atoms with Crippen LogP contribution in [0.4, 0.5) is 17.1 Å². The fourth-order valence-corrected chi connectivity index (χ4v) is 9.03. The fraction of sp³-hybridized carbons (Fsp3) is 0. The van der Waals surface area contributed by atoms with E-state index in [1.54, 1.807) is 0 Å². The van der Waals surface area contributed by atoms with Crippen molar-refractivity contribution in [1.82, 2.24) is 0 Å². The molecule has 0 aliphatic heterocycles. The van der Waals surface area contributed by atoms with Gasteiger partial charge in [0, 0.05) is 37.1 Å². The molecule has 1 aromatic heterocycles. The Labute approximate surface area is 319 Å². The van der Waals surface area contributed by atoms with Crippen molar-refractivity contribution in [3.05, 3.63) is 212 Å². The first-order valence-corrected chi connectivity index (χ1v) is 19.2. The van der Waals surface area contributed by atoms with Crippen molar-refractivity contribution >= 4 is 59.3 Å². The molecule has 54 heavy (non-hydrogen) atoms. The van der Waals surface area contributed by atoms with Crippen molar-refractivity contribution in [2.75, 3.05) is 4.90 Å². The van der Waals surface area contributed by atoms with E-state index >= 15 is 0 Å². The van der Waals surface area contributed by atoms with Crippen LogP contribution in [-0.2, 0) is 0 Å². The van der Waals surface area contributed by atoms with Gasteiger partial charge in [0.1, 0.15) is 0 Å². The number of para-hydroxylation sites is 1. The average molecular weight is 706 g/mol. The van der Waals surface area contributed by atoms with Crippen LogP contribution < -0.4 is 4.90 Å². The van der Waals surface area contributed by atoms with E-state index in [1.807, 2.05) is 11.3 Å². The maximum atomic E-state index is 2.41. The first kappa shape index (κ1) is 32.0. The minimum absolute atomic E-state index is 1.10. The molecule has 0 amide bonds. The largest absolute Gasteiger partial charge is 0.310 e. The van der Waals surface area contributed by atoms with E-state index in [2.05, 4.69) is 217 Å². The van der Waals surface area contributed by atoms with Crippen LogP contribution >= 0.6 is 11.3 Å². The molecule has 2 heteroatoms. The van der Waals surface area contributed by atoms with Gasteiger partial charge in [0.05, 0.1) is 5.69 Å². The molecule has 0 unspecified atom stereocenters.